The molecule has 0 bridgehead atoms. The summed E-state index contributed by atoms with van der Waals surface area (Å²) in [6.45, 7) is 5.89. The molecule has 0 N–H and O–H groups in total. The highest BCUT2D eigenvalue weighted by atomic mass is 19.1. The van der Waals surface area contributed by atoms with Crippen LogP contribution in [0, 0.1) is 25.6 Å². The maximum Gasteiger partial charge on any atom is 0.228 e. The Balaban J connectivity index is 1.47. The first-order chi connectivity index (χ1) is 14.4. The Morgan fingerprint density at radius 3 is 2.50 bits per heavy atom. The van der Waals surface area contributed by atoms with Gasteiger partial charge in [0.2, 0.25) is 11.8 Å². The smallest absolute Gasteiger partial charge is 0.228 e. The summed E-state index contributed by atoms with van der Waals surface area (Å²) in [6, 6.07) is 12.6. The fourth-order valence-electron chi connectivity index (χ4n) is 4.62. The Morgan fingerprint density at radius 2 is 1.77 bits per heavy atom. The SMILES string of the molecule is Cc1ccc(N2C[C@H](C(=O)N3CCCC[C@H](c4ccc(F)cc4)C3)CC2=O)cc1C. The molecule has 2 amide bonds. The normalized spacial score (nSPS) is 22.3. The molecule has 2 heterocycles. The zero-order chi connectivity index (χ0) is 21.3. The van der Waals surface area contributed by atoms with Gasteiger partial charge in [0.05, 0.1) is 5.92 Å². The van der Waals surface area contributed by atoms with Crippen molar-refractivity contribution in [2.75, 3.05) is 24.5 Å². The lowest BCUT2D eigenvalue weighted by molar-refractivity contribution is -0.135. The van der Waals surface area contributed by atoms with Crippen LogP contribution in [0.1, 0.15) is 48.3 Å². The Bertz CT molecular complexity index is 941. The summed E-state index contributed by atoms with van der Waals surface area (Å²) in [4.78, 5) is 29.7. The highest BCUT2D eigenvalue weighted by Crippen LogP contribution is 2.31. The number of hydrogen-bond acceptors (Lipinski definition) is 2. The second-order valence-electron chi connectivity index (χ2n) is 8.70. The largest absolute Gasteiger partial charge is 0.342 e. The highest BCUT2D eigenvalue weighted by Gasteiger charge is 2.38. The lowest BCUT2D eigenvalue weighted by atomic mass is 9.94. The molecule has 2 aromatic rings. The van der Waals surface area contributed by atoms with Crippen LogP contribution < -0.4 is 4.90 Å². The van der Waals surface area contributed by atoms with Crippen molar-refractivity contribution in [3.63, 3.8) is 0 Å². The van der Waals surface area contributed by atoms with Gasteiger partial charge in [0.25, 0.3) is 0 Å². The average Bonchev–Trinajstić information content (AvgIpc) is 2.96. The molecule has 0 aliphatic carbocycles. The van der Waals surface area contributed by atoms with Crippen LogP contribution in [0.2, 0.25) is 0 Å². The van der Waals surface area contributed by atoms with E-state index >= 15 is 0 Å². The Hall–Kier alpha value is -2.69. The highest BCUT2D eigenvalue weighted by molar-refractivity contribution is 6.00. The summed E-state index contributed by atoms with van der Waals surface area (Å²) in [7, 11) is 0. The number of anilines is 1. The van der Waals surface area contributed by atoms with Crippen LogP contribution in [0.5, 0.6) is 0 Å². The van der Waals surface area contributed by atoms with E-state index in [1.807, 2.05) is 49.1 Å². The zero-order valence-electron chi connectivity index (χ0n) is 17.7. The number of benzene rings is 2. The third-order valence-corrected chi connectivity index (χ3v) is 6.60. The van der Waals surface area contributed by atoms with Crippen molar-refractivity contribution in [2.45, 2.75) is 45.4 Å². The summed E-state index contributed by atoms with van der Waals surface area (Å²) < 4.78 is 13.3. The zero-order valence-corrected chi connectivity index (χ0v) is 17.7. The van der Waals surface area contributed by atoms with Gasteiger partial charge in [0, 0.05) is 37.7 Å². The number of rotatable bonds is 3. The summed E-state index contributed by atoms with van der Waals surface area (Å²) in [6.07, 6.45) is 3.27. The minimum Gasteiger partial charge on any atom is -0.342 e. The van der Waals surface area contributed by atoms with E-state index in [0.717, 1.165) is 42.6 Å². The van der Waals surface area contributed by atoms with Crippen molar-refractivity contribution in [3.8, 4) is 0 Å². The number of aryl methyl sites for hydroxylation is 2. The van der Waals surface area contributed by atoms with Gasteiger partial charge in [0.15, 0.2) is 0 Å². The quantitative estimate of drug-likeness (QED) is 0.745. The Labute approximate surface area is 177 Å². The van der Waals surface area contributed by atoms with Crippen LogP contribution in [0.3, 0.4) is 0 Å². The molecule has 2 saturated heterocycles. The number of amides is 2. The molecule has 4 rings (SSSR count). The average molecular weight is 409 g/mol. The molecule has 0 radical (unpaired) electrons. The van der Waals surface area contributed by atoms with E-state index < -0.39 is 0 Å². The van der Waals surface area contributed by atoms with Crippen LogP contribution in [0.15, 0.2) is 42.5 Å². The molecule has 0 aromatic heterocycles. The lowest BCUT2D eigenvalue weighted by Gasteiger charge is -2.27. The first-order valence-corrected chi connectivity index (χ1v) is 10.8. The molecule has 4 nitrogen and oxygen atoms in total. The molecule has 0 spiro atoms. The number of carbonyl (C=O) groups is 2. The van der Waals surface area contributed by atoms with Gasteiger partial charge in [-0.25, -0.2) is 4.39 Å². The molecule has 2 aliphatic heterocycles. The van der Waals surface area contributed by atoms with Gasteiger partial charge in [0.1, 0.15) is 5.82 Å². The lowest BCUT2D eigenvalue weighted by Crippen LogP contribution is -2.39. The van der Waals surface area contributed by atoms with E-state index in [0.29, 0.717) is 13.1 Å². The van der Waals surface area contributed by atoms with Gasteiger partial charge in [-0.05, 0) is 67.6 Å². The summed E-state index contributed by atoms with van der Waals surface area (Å²) in [5.41, 5.74) is 4.29. The first-order valence-electron chi connectivity index (χ1n) is 10.8. The number of halogens is 1. The monoisotopic (exact) mass is 408 g/mol. The molecule has 0 unspecified atom stereocenters. The van der Waals surface area contributed by atoms with Gasteiger partial charge < -0.3 is 9.80 Å². The van der Waals surface area contributed by atoms with Crippen molar-refractivity contribution in [1.29, 1.82) is 0 Å². The fourth-order valence-corrected chi connectivity index (χ4v) is 4.62. The van der Waals surface area contributed by atoms with Crippen LogP contribution in [0.4, 0.5) is 10.1 Å². The third kappa shape index (κ3) is 4.25. The van der Waals surface area contributed by atoms with Gasteiger partial charge in [-0.2, -0.15) is 0 Å². The van der Waals surface area contributed by atoms with Gasteiger partial charge in [-0.3, -0.25) is 9.59 Å². The number of nitrogens with zero attached hydrogens (tertiary/aromatic N) is 2. The molecular formula is C25H29FN2O2. The molecule has 2 fully saturated rings. The van der Waals surface area contributed by atoms with Crippen molar-refractivity contribution in [1.82, 2.24) is 4.90 Å². The van der Waals surface area contributed by atoms with Crippen LogP contribution in [-0.4, -0.2) is 36.3 Å². The predicted molar refractivity (Wildman–Crippen MR) is 116 cm³/mol. The van der Waals surface area contributed by atoms with Gasteiger partial charge in [-0.1, -0.05) is 24.6 Å². The third-order valence-electron chi connectivity index (χ3n) is 6.60. The topological polar surface area (TPSA) is 40.6 Å². The molecule has 158 valence electrons. The van der Waals surface area contributed by atoms with Crippen molar-refractivity contribution in [2.24, 2.45) is 5.92 Å². The summed E-state index contributed by atoms with van der Waals surface area (Å²) >= 11 is 0. The van der Waals surface area contributed by atoms with Gasteiger partial charge in [-0.15, -0.1) is 0 Å². The molecule has 2 aliphatic rings. The maximum atomic E-state index is 13.3. The van der Waals surface area contributed by atoms with Crippen LogP contribution in [0.25, 0.3) is 0 Å². The van der Waals surface area contributed by atoms with Crippen LogP contribution in [-0.2, 0) is 9.59 Å². The standard InChI is InChI=1S/C25H29FN2O2/c1-17-6-11-23(13-18(17)2)28-16-21(14-24(28)29)25(30)27-12-4-3-5-20(15-27)19-7-9-22(26)10-8-19/h6-11,13,20-21H,3-5,12,14-16H2,1-2H3/t20-,21+/m0/s1. The predicted octanol–water partition coefficient (Wildman–Crippen LogP) is 4.59. The van der Waals surface area contributed by atoms with Gasteiger partial charge >= 0.3 is 0 Å². The molecule has 2 atom stereocenters. The molecule has 5 heteroatoms. The molecule has 2 aromatic carbocycles. The van der Waals surface area contributed by atoms with Crippen molar-refractivity contribution >= 4 is 17.5 Å². The van der Waals surface area contributed by atoms with E-state index in [9.17, 15) is 14.0 Å². The van der Waals surface area contributed by atoms with E-state index in [1.54, 1.807) is 4.90 Å². The van der Waals surface area contributed by atoms with E-state index in [-0.39, 0.29) is 35.9 Å². The minimum atomic E-state index is -0.300. The van der Waals surface area contributed by atoms with Crippen LogP contribution >= 0.6 is 0 Å². The summed E-state index contributed by atoms with van der Waals surface area (Å²) in [5.74, 6) is -0.238. The fraction of sp³-hybridized carbons (Fsp3) is 0.440. The minimum absolute atomic E-state index is 0.0153. The molecule has 30 heavy (non-hydrogen) atoms. The van der Waals surface area contributed by atoms with E-state index in [2.05, 4.69) is 0 Å². The Morgan fingerprint density at radius 1 is 1.00 bits per heavy atom. The second kappa shape index (κ2) is 8.58. The number of carbonyl (C=O) groups excluding carboxylic acids is 2. The summed E-state index contributed by atoms with van der Waals surface area (Å²) in [5, 5.41) is 0. The van der Waals surface area contributed by atoms with Crippen molar-refractivity contribution in [3.05, 3.63) is 65.0 Å². The second-order valence-corrected chi connectivity index (χ2v) is 8.70. The number of hydrogen-bond donors (Lipinski definition) is 0. The van der Waals surface area contributed by atoms with E-state index in [1.165, 1.54) is 17.7 Å². The first kappa shape index (κ1) is 20.6. The number of likely N-dealkylation sites (tertiary alicyclic amines) is 1. The Kier molecular flexibility index (Phi) is 5.89. The van der Waals surface area contributed by atoms with Crippen molar-refractivity contribution < 1.29 is 14.0 Å². The molecular weight excluding hydrogens is 379 g/mol. The molecule has 0 saturated carbocycles. The van der Waals surface area contributed by atoms with E-state index in [4.69, 9.17) is 0 Å². The maximum absolute atomic E-state index is 13.3.